The summed E-state index contributed by atoms with van der Waals surface area (Å²) >= 11 is 0. The van der Waals surface area contributed by atoms with Crippen molar-refractivity contribution in [3.63, 3.8) is 0 Å². The number of aryl methyl sites for hydroxylation is 1. The lowest BCUT2D eigenvalue weighted by atomic mass is 10.2. The molecule has 0 saturated carbocycles. The first kappa shape index (κ1) is 20.7. The number of anilines is 1. The van der Waals surface area contributed by atoms with E-state index in [9.17, 15) is 14.9 Å². The number of benzene rings is 1. The van der Waals surface area contributed by atoms with Gasteiger partial charge in [0.25, 0.3) is 0 Å². The predicted molar refractivity (Wildman–Crippen MR) is 113 cm³/mol. The zero-order valence-corrected chi connectivity index (χ0v) is 16.8. The Morgan fingerprint density at radius 3 is 2.70 bits per heavy atom. The predicted octanol–water partition coefficient (Wildman–Crippen LogP) is 4.02. The molecular weight excluding hydrogens is 386 g/mol. The highest BCUT2D eigenvalue weighted by molar-refractivity contribution is 5.89. The van der Waals surface area contributed by atoms with Crippen LogP contribution in [0.4, 0.5) is 11.5 Å². The number of aromatic nitrogens is 2. The SMILES string of the molecule is CCOC(=O)c1ccc(-n2c(C)cc(/C=N\Nc3ncccc3[N+](=O)[O-])c2C)cc1. The van der Waals surface area contributed by atoms with Crippen molar-refractivity contribution in [3.05, 3.63) is 81.3 Å². The summed E-state index contributed by atoms with van der Waals surface area (Å²) in [6.07, 6.45) is 3.04. The maximum Gasteiger partial charge on any atom is 0.338 e. The second-order valence-electron chi connectivity index (χ2n) is 6.43. The van der Waals surface area contributed by atoms with Gasteiger partial charge in [-0.1, -0.05) is 0 Å². The fourth-order valence-electron chi connectivity index (χ4n) is 3.07. The second-order valence-corrected chi connectivity index (χ2v) is 6.43. The first-order valence-corrected chi connectivity index (χ1v) is 9.27. The van der Waals surface area contributed by atoms with Gasteiger partial charge in [0.15, 0.2) is 0 Å². The average Bonchev–Trinajstić information content (AvgIpc) is 3.01. The Bertz CT molecular complexity index is 1100. The third-order valence-electron chi connectivity index (χ3n) is 4.46. The van der Waals surface area contributed by atoms with Crippen LogP contribution in [0, 0.1) is 24.0 Å². The van der Waals surface area contributed by atoms with E-state index in [1.54, 1.807) is 25.3 Å². The lowest BCUT2D eigenvalue weighted by Crippen LogP contribution is -2.05. The number of nitrogens with one attached hydrogen (secondary N) is 1. The molecule has 9 heteroatoms. The largest absolute Gasteiger partial charge is 0.462 e. The molecule has 1 N–H and O–H groups in total. The van der Waals surface area contributed by atoms with Gasteiger partial charge in [0.1, 0.15) is 0 Å². The van der Waals surface area contributed by atoms with E-state index < -0.39 is 4.92 Å². The summed E-state index contributed by atoms with van der Waals surface area (Å²) in [4.78, 5) is 26.3. The molecule has 30 heavy (non-hydrogen) atoms. The van der Waals surface area contributed by atoms with Crippen LogP contribution in [0.1, 0.15) is 34.2 Å². The summed E-state index contributed by atoms with van der Waals surface area (Å²) in [5.41, 5.74) is 6.60. The van der Waals surface area contributed by atoms with Crippen LogP contribution >= 0.6 is 0 Å². The molecule has 0 atom stereocenters. The van der Waals surface area contributed by atoms with E-state index in [0.29, 0.717) is 12.2 Å². The number of hydrogen-bond acceptors (Lipinski definition) is 7. The number of carbonyl (C=O) groups excluding carboxylic acids is 1. The van der Waals surface area contributed by atoms with E-state index in [1.165, 1.54) is 18.3 Å². The quantitative estimate of drug-likeness (QED) is 0.274. The van der Waals surface area contributed by atoms with Gasteiger partial charge in [-0.3, -0.25) is 15.5 Å². The number of ether oxygens (including phenoxy) is 1. The zero-order valence-electron chi connectivity index (χ0n) is 16.8. The number of nitrogens with zero attached hydrogens (tertiary/aromatic N) is 4. The van der Waals surface area contributed by atoms with Crippen LogP contribution in [0.15, 0.2) is 53.8 Å². The normalized spacial score (nSPS) is 10.9. The fraction of sp³-hybridized carbons (Fsp3) is 0.190. The Kier molecular flexibility index (Phi) is 6.21. The monoisotopic (exact) mass is 407 g/mol. The minimum atomic E-state index is -0.517. The summed E-state index contributed by atoms with van der Waals surface area (Å²) < 4.78 is 7.04. The molecule has 0 fully saturated rings. The molecule has 9 nitrogen and oxygen atoms in total. The van der Waals surface area contributed by atoms with Crippen LogP contribution in [0.2, 0.25) is 0 Å². The van der Waals surface area contributed by atoms with Crippen LogP contribution < -0.4 is 5.43 Å². The molecule has 3 aromatic rings. The van der Waals surface area contributed by atoms with Crippen molar-refractivity contribution in [2.75, 3.05) is 12.0 Å². The number of carbonyl (C=O) groups is 1. The molecule has 2 aromatic heterocycles. The number of nitro groups is 1. The molecule has 0 aliphatic rings. The zero-order chi connectivity index (χ0) is 21.7. The number of rotatable bonds is 7. The average molecular weight is 407 g/mol. The van der Waals surface area contributed by atoms with Gasteiger partial charge in [0.05, 0.1) is 23.3 Å². The minimum absolute atomic E-state index is 0.0714. The van der Waals surface area contributed by atoms with Gasteiger partial charge in [0.2, 0.25) is 5.82 Å². The van der Waals surface area contributed by atoms with Crippen LogP contribution in [0.3, 0.4) is 0 Å². The number of esters is 1. The van der Waals surface area contributed by atoms with Crippen LogP contribution in [-0.4, -0.2) is 33.3 Å². The van der Waals surface area contributed by atoms with Crippen molar-refractivity contribution in [2.24, 2.45) is 5.10 Å². The molecule has 0 spiro atoms. The molecule has 154 valence electrons. The molecule has 2 heterocycles. The van der Waals surface area contributed by atoms with E-state index in [4.69, 9.17) is 4.74 Å². The minimum Gasteiger partial charge on any atom is -0.462 e. The molecule has 0 saturated heterocycles. The van der Waals surface area contributed by atoms with Crippen LogP contribution in [-0.2, 0) is 4.74 Å². The third-order valence-corrected chi connectivity index (χ3v) is 4.46. The van der Waals surface area contributed by atoms with Crippen molar-refractivity contribution in [1.29, 1.82) is 0 Å². The maximum atomic E-state index is 11.8. The van der Waals surface area contributed by atoms with Crippen molar-refractivity contribution in [1.82, 2.24) is 9.55 Å². The van der Waals surface area contributed by atoms with Crippen molar-refractivity contribution >= 4 is 23.7 Å². The fourth-order valence-corrected chi connectivity index (χ4v) is 3.07. The highest BCUT2D eigenvalue weighted by Crippen LogP contribution is 2.22. The van der Waals surface area contributed by atoms with E-state index in [2.05, 4.69) is 15.5 Å². The van der Waals surface area contributed by atoms with Crippen molar-refractivity contribution < 1.29 is 14.5 Å². The molecule has 0 bridgehead atoms. The lowest BCUT2D eigenvalue weighted by molar-refractivity contribution is -0.384. The molecule has 1 aromatic carbocycles. The van der Waals surface area contributed by atoms with Gasteiger partial charge in [-0.25, -0.2) is 9.78 Å². The Morgan fingerprint density at radius 2 is 2.03 bits per heavy atom. The van der Waals surface area contributed by atoms with Gasteiger partial charge in [0, 0.05) is 34.9 Å². The Hall–Kier alpha value is -4.01. The van der Waals surface area contributed by atoms with Gasteiger partial charge < -0.3 is 9.30 Å². The highest BCUT2D eigenvalue weighted by atomic mass is 16.6. The van der Waals surface area contributed by atoms with Gasteiger partial charge in [-0.15, -0.1) is 0 Å². The van der Waals surface area contributed by atoms with Gasteiger partial charge in [-0.05, 0) is 57.2 Å². The van der Waals surface area contributed by atoms with E-state index in [-0.39, 0.29) is 17.5 Å². The van der Waals surface area contributed by atoms with E-state index >= 15 is 0 Å². The molecule has 0 amide bonds. The maximum absolute atomic E-state index is 11.8. The topological polar surface area (TPSA) is 112 Å². The highest BCUT2D eigenvalue weighted by Gasteiger charge is 2.14. The lowest BCUT2D eigenvalue weighted by Gasteiger charge is -2.10. The van der Waals surface area contributed by atoms with E-state index in [1.807, 2.05) is 36.6 Å². The Morgan fingerprint density at radius 1 is 1.30 bits per heavy atom. The second kappa shape index (κ2) is 8.99. The summed E-state index contributed by atoms with van der Waals surface area (Å²) in [6, 6.07) is 12.0. The number of pyridine rings is 1. The van der Waals surface area contributed by atoms with Gasteiger partial charge >= 0.3 is 11.7 Å². The first-order valence-electron chi connectivity index (χ1n) is 9.27. The van der Waals surface area contributed by atoms with Crippen molar-refractivity contribution in [2.45, 2.75) is 20.8 Å². The van der Waals surface area contributed by atoms with E-state index in [0.717, 1.165) is 22.6 Å². The third kappa shape index (κ3) is 4.35. The summed E-state index contributed by atoms with van der Waals surface area (Å²) in [5.74, 6) is -0.283. The Balaban J connectivity index is 1.82. The number of hydrogen-bond donors (Lipinski definition) is 1. The molecule has 0 radical (unpaired) electrons. The van der Waals surface area contributed by atoms with Crippen LogP contribution in [0.25, 0.3) is 5.69 Å². The first-order chi connectivity index (χ1) is 14.4. The Labute approximate surface area is 173 Å². The molecule has 3 rings (SSSR count). The standard InChI is InChI=1S/C21H21N5O4/c1-4-30-21(27)16-7-9-18(10-8-16)25-14(2)12-17(15(25)3)13-23-24-20-19(26(28)29)6-5-11-22-20/h5-13H,4H2,1-3H3,(H,22,24)/b23-13-. The van der Waals surface area contributed by atoms with Crippen molar-refractivity contribution in [3.8, 4) is 5.69 Å². The van der Waals surface area contributed by atoms with Crippen LogP contribution in [0.5, 0.6) is 0 Å². The molecule has 0 aliphatic heterocycles. The van der Waals surface area contributed by atoms with Gasteiger partial charge in [-0.2, -0.15) is 5.10 Å². The summed E-state index contributed by atoms with van der Waals surface area (Å²) in [7, 11) is 0. The summed E-state index contributed by atoms with van der Waals surface area (Å²) in [5, 5.41) is 15.2. The smallest absolute Gasteiger partial charge is 0.338 e. The summed E-state index contributed by atoms with van der Waals surface area (Å²) in [6.45, 7) is 6.00. The molecule has 0 unspecified atom stereocenters. The molecular formula is C21H21N5O4. The number of hydrazone groups is 1. The molecule has 0 aliphatic carbocycles.